The van der Waals surface area contributed by atoms with Gasteiger partial charge in [-0.05, 0) is 38.5 Å². The Morgan fingerprint density at radius 1 is 1.06 bits per heavy atom. The van der Waals surface area contributed by atoms with Crippen LogP contribution < -0.4 is 0 Å². The molecule has 7 nitrogen and oxygen atoms in total. The van der Waals surface area contributed by atoms with Gasteiger partial charge in [-0.2, -0.15) is 0 Å². The fourth-order valence-corrected chi connectivity index (χ4v) is 5.19. The minimum absolute atomic E-state index is 0.0706. The molecule has 2 aromatic heterocycles. The fourth-order valence-electron chi connectivity index (χ4n) is 3.72. The molecule has 0 atom stereocenters. The van der Waals surface area contributed by atoms with Gasteiger partial charge in [-0.25, -0.2) is 26.9 Å². The highest BCUT2D eigenvalue weighted by Gasteiger charge is 2.21. The van der Waals surface area contributed by atoms with Crippen LogP contribution in [-0.2, 0) is 15.6 Å². The third kappa shape index (κ3) is 4.70. The topological polar surface area (TPSA) is 82.7 Å². The third-order valence-corrected chi connectivity index (χ3v) is 6.96. The van der Waals surface area contributed by atoms with Crippen LogP contribution in [0.5, 0.6) is 0 Å². The Kier molecular flexibility index (Phi) is 6.11. The molecule has 172 valence electrons. The quantitative estimate of drug-likeness (QED) is 0.400. The summed E-state index contributed by atoms with van der Waals surface area (Å²) in [5, 5.41) is 7.98. The van der Waals surface area contributed by atoms with Crippen molar-refractivity contribution in [3.05, 3.63) is 77.5 Å². The summed E-state index contributed by atoms with van der Waals surface area (Å²) in [5.74, 6) is -1.58. The molecule has 33 heavy (non-hydrogen) atoms. The number of nitrogens with zero attached hydrogens (tertiary/aromatic N) is 5. The second kappa shape index (κ2) is 8.86. The first-order valence-corrected chi connectivity index (χ1v) is 12.2. The van der Waals surface area contributed by atoms with E-state index in [1.807, 2.05) is 48.9 Å². The van der Waals surface area contributed by atoms with Gasteiger partial charge in [0.2, 0.25) is 0 Å². The van der Waals surface area contributed by atoms with Crippen molar-refractivity contribution in [2.75, 3.05) is 5.75 Å². The van der Waals surface area contributed by atoms with E-state index in [9.17, 15) is 12.8 Å². The molecule has 0 fully saturated rings. The molecule has 2 aromatic carbocycles. The predicted octanol–water partition coefficient (Wildman–Crippen LogP) is 4.34. The summed E-state index contributed by atoms with van der Waals surface area (Å²) < 4.78 is 56.9. The molecule has 0 saturated heterocycles. The van der Waals surface area contributed by atoms with Crippen LogP contribution in [0, 0.1) is 25.5 Å². The van der Waals surface area contributed by atoms with Gasteiger partial charge < -0.3 is 4.57 Å². The largest absolute Gasteiger partial charge is 0.304 e. The molecule has 0 radical (unpaired) electrons. The minimum atomic E-state index is -3.50. The SMILES string of the molecule is CCCS(=O)(=O)Cc1ccc(F)c(-n2cc(-c3cccc(-n4cc(C)nc4C)c3)nn2)c1F. The monoisotopic (exact) mass is 471 g/mol. The van der Waals surface area contributed by atoms with Gasteiger partial charge in [0.15, 0.2) is 21.5 Å². The number of sulfone groups is 1. The second-order valence-electron chi connectivity index (χ2n) is 7.86. The maximum atomic E-state index is 15.1. The number of hydrogen-bond acceptors (Lipinski definition) is 5. The normalized spacial score (nSPS) is 11.8. The Morgan fingerprint density at radius 2 is 1.85 bits per heavy atom. The van der Waals surface area contributed by atoms with E-state index in [4.69, 9.17) is 0 Å². The molecule has 0 amide bonds. The molecular formula is C23H23F2N5O2S. The van der Waals surface area contributed by atoms with Crippen molar-refractivity contribution >= 4 is 9.84 Å². The minimum Gasteiger partial charge on any atom is -0.304 e. The van der Waals surface area contributed by atoms with Crippen molar-refractivity contribution in [1.82, 2.24) is 24.5 Å². The Labute approximate surface area is 190 Å². The first-order valence-electron chi connectivity index (χ1n) is 10.4. The molecule has 4 rings (SSSR count). The molecule has 0 unspecified atom stereocenters. The number of hydrogen-bond donors (Lipinski definition) is 0. The molecule has 0 N–H and O–H groups in total. The lowest BCUT2D eigenvalue weighted by Gasteiger charge is -2.09. The van der Waals surface area contributed by atoms with Crippen molar-refractivity contribution in [1.29, 1.82) is 0 Å². The van der Waals surface area contributed by atoms with E-state index in [0.717, 1.165) is 34.0 Å². The predicted molar refractivity (Wildman–Crippen MR) is 121 cm³/mol. The van der Waals surface area contributed by atoms with Gasteiger partial charge in [0.1, 0.15) is 17.2 Å². The summed E-state index contributed by atoms with van der Waals surface area (Å²) in [7, 11) is -3.50. The lowest BCUT2D eigenvalue weighted by molar-refractivity contribution is 0.547. The van der Waals surface area contributed by atoms with Crippen molar-refractivity contribution in [3.8, 4) is 22.6 Å². The Balaban J connectivity index is 1.70. The maximum absolute atomic E-state index is 15.1. The van der Waals surface area contributed by atoms with Crippen LogP contribution in [0.4, 0.5) is 8.78 Å². The zero-order valence-electron chi connectivity index (χ0n) is 18.5. The van der Waals surface area contributed by atoms with E-state index in [-0.39, 0.29) is 11.3 Å². The average Bonchev–Trinajstić information content (AvgIpc) is 3.37. The number of aryl methyl sites for hydroxylation is 2. The van der Waals surface area contributed by atoms with Crippen LogP contribution in [0.15, 0.2) is 48.8 Å². The summed E-state index contributed by atoms with van der Waals surface area (Å²) in [5.41, 5.74) is 2.29. The molecule has 0 bridgehead atoms. The first kappa shape index (κ1) is 22.8. The van der Waals surface area contributed by atoms with Crippen LogP contribution in [-0.4, -0.2) is 38.7 Å². The van der Waals surface area contributed by atoms with E-state index in [0.29, 0.717) is 17.7 Å². The van der Waals surface area contributed by atoms with E-state index < -0.39 is 32.9 Å². The van der Waals surface area contributed by atoms with Crippen LogP contribution in [0.1, 0.15) is 30.4 Å². The van der Waals surface area contributed by atoms with Gasteiger partial charge in [-0.15, -0.1) is 5.10 Å². The molecular weight excluding hydrogens is 448 g/mol. The van der Waals surface area contributed by atoms with Crippen molar-refractivity contribution < 1.29 is 17.2 Å². The number of imidazole rings is 1. The highest BCUT2D eigenvalue weighted by atomic mass is 32.2. The molecule has 10 heteroatoms. The van der Waals surface area contributed by atoms with E-state index >= 15 is 4.39 Å². The molecule has 0 saturated carbocycles. The Bertz CT molecular complexity index is 1430. The Morgan fingerprint density at radius 3 is 2.55 bits per heavy atom. The van der Waals surface area contributed by atoms with Crippen LogP contribution in [0.3, 0.4) is 0 Å². The van der Waals surface area contributed by atoms with Gasteiger partial charge in [0, 0.05) is 23.0 Å². The van der Waals surface area contributed by atoms with Crippen LogP contribution in [0.2, 0.25) is 0 Å². The third-order valence-electron chi connectivity index (χ3n) is 5.18. The van der Waals surface area contributed by atoms with Gasteiger partial charge in [0.05, 0.1) is 23.4 Å². The standard InChI is InChI=1S/C23H23F2N5O2S/c1-4-10-33(31,32)14-18-8-9-20(24)23(22(18)25)30-13-21(27-28-30)17-6-5-7-19(11-17)29-12-15(2)26-16(29)3/h5-9,11-13H,4,10,14H2,1-3H3. The Hall–Kier alpha value is -3.40. The molecule has 2 heterocycles. The molecule has 0 aliphatic heterocycles. The fraction of sp³-hybridized carbons (Fsp3) is 0.261. The summed E-state index contributed by atoms with van der Waals surface area (Å²) >= 11 is 0. The maximum Gasteiger partial charge on any atom is 0.156 e. The highest BCUT2D eigenvalue weighted by molar-refractivity contribution is 7.90. The zero-order chi connectivity index (χ0) is 23.8. The lowest BCUT2D eigenvalue weighted by Crippen LogP contribution is -2.12. The van der Waals surface area contributed by atoms with E-state index in [2.05, 4.69) is 15.3 Å². The molecule has 4 aromatic rings. The van der Waals surface area contributed by atoms with Crippen molar-refractivity contribution in [2.45, 2.75) is 32.9 Å². The molecule has 0 aliphatic rings. The average molecular weight is 472 g/mol. The second-order valence-corrected chi connectivity index (χ2v) is 10.0. The lowest BCUT2D eigenvalue weighted by atomic mass is 10.1. The van der Waals surface area contributed by atoms with Crippen molar-refractivity contribution in [3.63, 3.8) is 0 Å². The van der Waals surface area contributed by atoms with Gasteiger partial charge in [-0.1, -0.05) is 30.3 Å². The summed E-state index contributed by atoms with van der Waals surface area (Å²) in [4.78, 5) is 4.40. The molecule has 0 spiro atoms. The number of halogens is 2. The summed E-state index contributed by atoms with van der Waals surface area (Å²) in [6.07, 6.45) is 3.74. The van der Waals surface area contributed by atoms with Gasteiger partial charge in [0.25, 0.3) is 0 Å². The van der Waals surface area contributed by atoms with E-state index in [1.165, 1.54) is 6.20 Å². The smallest absolute Gasteiger partial charge is 0.156 e. The first-order chi connectivity index (χ1) is 15.7. The van der Waals surface area contributed by atoms with Gasteiger partial charge >= 0.3 is 0 Å². The number of benzene rings is 2. The number of rotatable bonds is 7. The van der Waals surface area contributed by atoms with Gasteiger partial charge in [-0.3, -0.25) is 0 Å². The number of aromatic nitrogens is 5. The molecule has 0 aliphatic carbocycles. The summed E-state index contributed by atoms with van der Waals surface area (Å²) in [6.45, 7) is 5.53. The van der Waals surface area contributed by atoms with Crippen LogP contribution >= 0.6 is 0 Å². The highest BCUT2D eigenvalue weighted by Crippen LogP contribution is 2.26. The van der Waals surface area contributed by atoms with Crippen LogP contribution in [0.25, 0.3) is 22.6 Å². The van der Waals surface area contributed by atoms with Crippen molar-refractivity contribution in [2.24, 2.45) is 0 Å². The summed E-state index contributed by atoms with van der Waals surface area (Å²) in [6, 6.07) is 9.65. The van der Waals surface area contributed by atoms with E-state index in [1.54, 1.807) is 6.92 Å². The zero-order valence-corrected chi connectivity index (χ0v) is 19.3.